The van der Waals surface area contributed by atoms with E-state index >= 15 is 0 Å². The Morgan fingerprint density at radius 1 is 1.18 bits per heavy atom. The van der Waals surface area contributed by atoms with Crippen molar-refractivity contribution >= 4 is 11.8 Å². The van der Waals surface area contributed by atoms with E-state index in [2.05, 4.69) is 29.4 Å². The highest BCUT2D eigenvalue weighted by molar-refractivity contribution is 5.86. The summed E-state index contributed by atoms with van der Waals surface area (Å²) in [5.74, 6) is 0.411. The second-order valence-corrected chi connectivity index (χ2v) is 8.65. The first-order chi connectivity index (χ1) is 13.6. The highest BCUT2D eigenvalue weighted by atomic mass is 16.2. The molecule has 3 aliphatic heterocycles. The zero-order valence-electron chi connectivity index (χ0n) is 16.9. The third-order valence-corrected chi connectivity index (χ3v) is 6.92. The molecule has 3 fully saturated rings. The Balaban J connectivity index is 1.41. The molecule has 152 valence electrons. The molecular formula is C22H32N4O2. The quantitative estimate of drug-likeness (QED) is 0.853. The number of carbonyl (C=O) groups excluding carboxylic acids is 2. The first-order valence-electron chi connectivity index (χ1n) is 10.6. The van der Waals surface area contributed by atoms with Crippen LogP contribution in [0, 0.1) is 0 Å². The number of benzene rings is 1. The molecular weight excluding hydrogens is 352 g/mol. The summed E-state index contributed by atoms with van der Waals surface area (Å²) in [5.41, 5.74) is 1.27. The van der Waals surface area contributed by atoms with Gasteiger partial charge in [-0.1, -0.05) is 30.3 Å². The number of likely N-dealkylation sites (N-methyl/N-ethyl adjacent to an activating group) is 1. The molecule has 0 saturated carbocycles. The van der Waals surface area contributed by atoms with Gasteiger partial charge in [0.25, 0.3) is 0 Å². The minimum absolute atomic E-state index is 0.0823. The monoisotopic (exact) mass is 384 g/mol. The van der Waals surface area contributed by atoms with Crippen LogP contribution in [0.2, 0.25) is 0 Å². The van der Waals surface area contributed by atoms with E-state index in [0.29, 0.717) is 13.0 Å². The molecule has 6 heteroatoms. The molecule has 0 aromatic heterocycles. The van der Waals surface area contributed by atoms with Crippen molar-refractivity contribution < 1.29 is 9.59 Å². The molecule has 1 N–H and O–H groups in total. The SMILES string of the molecule is CN1CCCN(C(=O)CN2CC(c3ccccc3)CC2=O)CC12CCNCC2. The average molecular weight is 385 g/mol. The van der Waals surface area contributed by atoms with E-state index in [9.17, 15) is 9.59 Å². The van der Waals surface area contributed by atoms with E-state index in [4.69, 9.17) is 0 Å². The first kappa shape index (κ1) is 19.4. The standard InChI is InChI=1S/C22H32N4O2/c1-24-12-5-13-25(17-22(24)8-10-23-11-9-22)21(28)16-26-15-19(14-20(26)27)18-6-3-2-4-7-18/h2-4,6-7,19,23H,5,8-17H2,1H3. The maximum absolute atomic E-state index is 13.1. The molecule has 3 aliphatic rings. The summed E-state index contributed by atoms with van der Waals surface area (Å²) in [7, 11) is 2.20. The molecule has 28 heavy (non-hydrogen) atoms. The van der Waals surface area contributed by atoms with E-state index in [0.717, 1.165) is 52.0 Å². The van der Waals surface area contributed by atoms with Crippen molar-refractivity contribution in [2.75, 3.05) is 52.9 Å². The van der Waals surface area contributed by atoms with E-state index in [1.807, 2.05) is 23.1 Å². The fourth-order valence-corrected chi connectivity index (χ4v) is 5.07. The van der Waals surface area contributed by atoms with Crippen LogP contribution in [0.3, 0.4) is 0 Å². The van der Waals surface area contributed by atoms with Gasteiger partial charge in [0.15, 0.2) is 0 Å². The number of nitrogens with zero attached hydrogens (tertiary/aromatic N) is 3. The molecule has 3 saturated heterocycles. The summed E-state index contributed by atoms with van der Waals surface area (Å²) < 4.78 is 0. The lowest BCUT2D eigenvalue weighted by Gasteiger charge is -2.45. The molecule has 3 heterocycles. The fraction of sp³-hybridized carbons (Fsp3) is 0.636. The van der Waals surface area contributed by atoms with E-state index in [1.54, 1.807) is 4.90 Å². The van der Waals surface area contributed by atoms with Gasteiger partial charge in [0.1, 0.15) is 0 Å². The topological polar surface area (TPSA) is 55.9 Å². The number of hydrogen-bond acceptors (Lipinski definition) is 4. The van der Waals surface area contributed by atoms with Crippen molar-refractivity contribution in [1.29, 1.82) is 0 Å². The molecule has 0 aliphatic carbocycles. The van der Waals surface area contributed by atoms with Crippen molar-refractivity contribution in [3.63, 3.8) is 0 Å². The van der Waals surface area contributed by atoms with Gasteiger partial charge in [-0.05, 0) is 45.0 Å². The van der Waals surface area contributed by atoms with E-state index < -0.39 is 0 Å². The van der Waals surface area contributed by atoms with Crippen LogP contribution >= 0.6 is 0 Å². The molecule has 0 bridgehead atoms. The number of piperidine rings is 1. The summed E-state index contributed by atoms with van der Waals surface area (Å²) in [5, 5.41) is 3.44. The lowest BCUT2D eigenvalue weighted by atomic mass is 9.86. The van der Waals surface area contributed by atoms with Gasteiger partial charge in [-0.15, -0.1) is 0 Å². The first-order valence-corrected chi connectivity index (χ1v) is 10.6. The molecule has 1 atom stereocenters. The fourth-order valence-electron chi connectivity index (χ4n) is 5.07. The second-order valence-electron chi connectivity index (χ2n) is 8.65. The lowest BCUT2D eigenvalue weighted by Crippen LogP contribution is -2.58. The second kappa shape index (κ2) is 8.21. The van der Waals surface area contributed by atoms with Gasteiger partial charge < -0.3 is 15.1 Å². The molecule has 1 unspecified atom stereocenters. The van der Waals surface area contributed by atoms with Crippen LogP contribution in [0.1, 0.15) is 37.2 Å². The number of rotatable bonds is 3. The number of hydrogen-bond donors (Lipinski definition) is 1. The zero-order valence-corrected chi connectivity index (χ0v) is 16.9. The molecule has 1 aromatic carbocycles. The third kappa shape index (κ3) is 3.94. The number of carbonyl (C=O) groups is 2. The Morgan fingerprint density at radius 3 is 2.68 bits per heavy atom. The maximum Gasteiger partial charge on any atom is 0.242 e. The predicted octanol–water partition coefficient (Wildman–Crippen LogP) is 1.29. The highest BCUT2D eigenvalue weighted by Crippen LogP contribution is 2.30. The Labute approximate surface area is 167 Å². The zero-order chi connectivity index (χ0) is 19.6. The van der Waals surface area contributed by atoms with Crippen LogP contribution in [0.4, 0.5) is 0 Å². The smallest absolute Gasteiger partial charge is 0.242 e. The lowest BCUT2D eigenvalue weighted by molar-refractivity contribution is -0.139. The predicted molar refractivity (Wildman–Crippen MR) is 109 cm³/mol. The molecule has 4 rings (SSSR count). The van der Waals surface area contributed by atoms with E-state index in [1.165, 1.54) is 5.56 Å². The van der Waals surface area contributed by atoms with Gasteiger partial charge in [0.05, 0.1) is 6.54 Å². The Hall–Kier alpha value is -1.92. The van der Waals surface area contributed by atoms with Crippen LogP contribution < -0.4 is 5.32 Å². The van der Waals surface area contributed by atoms with Crippen molar-refractivity contribution in [2.45, 2.75) is 37.1 Å². The summed E-state index contributed by atoms with van der Waals surface area (Å²) in [4.78, 5) is 31.9. The van der Waals surface area contributed by atoms with Gasteiger partial charge in [-0.25, -0.2) is 0 Å². The number of amides is 2. The molecule has 6 nitrogen and oxygen atoms in total. The van der Waals surface area contributed by atoms with Gasteiger partial charge >= 0.3 is 0 Å². The minimum Gasteiger partial charge on any atom is -0.339 e. The van der Waals surface area contributed by atoms with Gasteiger partial charge in [0, 0.05) is 44.1 Å². The third-order valence-electron chi connectivity index (χ3n) is 6.92. The van der Waals surface area contributed by atoms with Crippen LogP contribution in [0.15, 0.2) is 30.3 Å². The van der Waals surface area contributed by atoms with Crippen molar-refractivity contribution in [3.05, 3.63) is 35.9 Å². The Kier molecular flexibility index (Phi) is 5.69. The maximum atomic E-state index is 13.1. The average Bonchev–Trinajstić information content (AvgIpc) is 3.00. The van der Waals surface area contributed by atoms with Gasteiger partial charge in [-0.3, -0.25) is 14.5 Å². The number of likely N-dealkylation sites (tertiary alicyclic amines) is 1. The van der Waals surface area contributed by atoms with Gasteiger partial charge in [-0.2, -0.15) is 0 Å². The Morgan fingerprint density at radius 2 is 1.93 bits per heavy atom. The van der Waals surface area contributed by atoms with Crippen LogP contribution in [0.5, 0.6) is 0 Å². The molecule has 1 aromatic rings. The summed E-state index contributed by atoms with van der Waals surface area (Å²) in [6, 6.07) is 10.2. The summed E-state index contributed by atoms with van der Waals surface area (Å²) in [6.07, 6.45) is 3.66. The molecule has 1 spiro atoms. The van der Waals surface area contributed by atoms with Crippen molar-refractivity contribution in [3.8, 4) is 0 Å². The largest absolute Gasteiger partial charge is 0.339 e. The van der Waals surface area contributed by atoms with E-state index in [-0.39, 0.29) is 29.8 Å². The minimum atomic E-state index is 0.0823. The highest BCUT2D eigenvalue weighted by Gasteiger charge is 2.41. The Bertz CT molecular complexity index is 702. The molecule has 2 amide bonds. The van der Waals surface area contributed by atoms with Crippen LogP contribution in [0.25, 0.3) is 0 Å². The normalized spacial score (nSPS) is 25.9. The van der Waals surface area contributed by atoms with Crippen LogP contribution in [-0.2, 0) is 9.59 Å². The summed E-state index contributed by atoms with van der Waals surface area (Å²) in [6.45, 7) is 5.50. The van der Waals surface area contributed by atoms with Crippen molar-refractivity contribution in [2.24, 2.45) is 0 Å². The van der Waals surface area contributed by atoms with Crippen LogP contribution in [-0.4, -0.2) is 84.9 Å². The number of nitrogens with one attached hydrogen (secondary N) is 1. The molecule has 0 radical (unpaired) electrons. The van der Waals surface area contributed by atoms with Crippen molar-refractivity contribution in [1.82, 2.24) is 20.0 Å². The van der Waals surface area contributed by atoms with Gasteiger partial charge in [0.2, 0.25) is 11.8 Å². The summed E-state index contributed by atoms with van der Waals surface area (Å²) >= 11 is 0.